The zero-order chi connectivity index (χ0) is 27.6. The predicted molar refractivity (Wildman–Crippen MR) is 159 cm³/mol. The molecular formula is C30H45N9O. The van der Waals surface area contributed by atoms with Gasteiger partial charge in [-0.1, -0.05) is 6.92 Å². The van der Waals surface area contributed by atoms with Crippen LogP contribution in [0, 0.1) is 0 Å². The molecule has 3 N–H and O–H groups in total. The summed E-state index contributed by atoms with van der Waals surface area (Å²) in [5.41, 5.74) is 10.6. The number of nitrogen functional groups attached to an aromatic ring is 1. The smallest absolute Gasteiger partial charge is 0.151 e. The van der Waals surface area contributed by atoms with Crippen LogP contribution >= 0.6 is 0 Å². The number of piperidine rings is 2. The molecule has 6 heterocycles. The highest BCUT2D eigenvalue weighted by atomic mass is 16.5. The molecule has 0 saturated carbocycles. The fourth-order valence-electron chi connectivity index (χ4n) is 6.66. The molecule has 3 aliphatic heterocycles. The van der Waals surface area contributed by atoms with E-state index in [0.717, 1.165) is 92.6 Å². The molecule has 0 atom stereocenters. The summed E-state index contributed by atoms with van der Waals surface area (Å²) in [6.45, 7) is 13.0. The van der Waals surface area contributed by atoms with Gasteiger partial charge in [0.1, 0.15) is 16.9 Å². The van der Waals surface area contributed by atoms with Gasteiger partial charge in [-0.25, -0.2) is 15.0 Å². The van der Waals surface area contributed by atoms with Crippen molar-refractivity contribution in [3.05, 3.63) is 24.3 Å². The number of aromatic nitrogens is 5. The number of hydrogen-bond acceptors (Lipinski definition) is 9. The third-order valence-corrected chi connectivity index (χ3v) is 9.23. The molecule has 3 saturated heterocycles. The van der Waals surface area contributed by atoms with Gasteiger partial charge in [0.25, 0.3) is 0 Å². The zero-order valence-corrected chi connectivity index (χ0v) is 24.3. The minimum absolute atomic E-state index is 0.338. The normalized spacial score (nSPS) is 21.0. The van der Waals surface area contributed by atoms with E-state index < -0.39 is 0 Å². The molecule has 0 unspecified atom stereocenters. The van der Waals surface area contributed by atoms with Crippen LogP contribution in [0.5, 0.6) is 0 Å². The molecule has 0 aromatic carbocycles. The van der Waals surface area contributed by atoms with Crippen LogP contribution in [0.25, 0.3) is 22.2 Å². The zero-order valence-electron chi connectivity index (χ0n) is 24.3. The molecule has 0 radical (unpaired) electrons. The number of nitrogens with zero attached hydrogens (tertiary/aromatic N) is 7. The second-order valence-corrected chi connectivity index (χ2v) is 12.0. The molecule has 3 aliphatic rings. The first kappa shape index (κ1) is 27.4. The maximum atomic E-state index is 6.30. The Labute approximate surface area is 237 Å². The first-order chi connectivity index (χ1) is 19.5. The fraction of sp³-hybridized carbons (Fsp3) is 0.667. The maximum absolute atomic E-state index is 6.30. The lowest BCUT2D eigenvalue weighted by Crippen LogP contribution is -2.49. The first-order valence-electron chi connectivity index (χ1n) is 15.3. The summed E-state index contributed by atoms with van der Waals surface area (Å²) in [5, 5.41) is 8.46. The van der Waals surface area contributed by atoms with Crippen molar-refractivity contribution in [3.63, 3.8) is 0 Å². The van der Waals surface area contributed by atoms with Gasteiger partial charge >= 0.3 is 0 Å². The van der Waals surface area contributed by atoms with E-state index in [2.05, 4.69) is 51.8 Å². The molecule has 3 fully saturated rings. The molecule has 6 rings (SSSR count). The van der Waals surface area contributed by atoms with E-state index in [4.69, 9.17) is 25.5 Å². The average Bonchev–Trinajstić information content (AvgIpc) is 3.48. The van der Waals surface area contributed by atoms with Crippen molar-refractivity contribution in [2.24, 2.45) is 0 Å². The van der Waals surface area contributed by atoms with Crippen molar-refractivity contribution in [1.29, 1.82) is 0 Å². The number of aryl methyl sites for hydroxylation is 1. The lowest BCUT2D eigenvalue weighted by atomic mass is 9.97. The highest BCUT2D eigenvalue weighted by Gasteiger charge is 2.30. The van der Waals surface area contributed by atoms with Gasteiger partial charge in [0, 0.05) is 67.9 Å². The van der Waals surface area contributed by atoms with Crippen molar-refractivity contribution in [2.45, 2.75) is 89.9 Å². The number of fused-ring (bicyclic) bond motifs is 1. The lowest BCUT2D eigenvalue weighted by molar-refractivity contribution is 0.0672. The standard InChI is InChI=1S/C30H45N9O/c1-4-26-30(34-22-9-15-40-16-10-22)36-27-25(18-32-29(31)28(27)35-26)21-17-33-39(19-21)24-7-13-38(14-8-24)23-5-11-37(12-6-23)20(2)3/h17-20,22-24H,4-16H2,1-3H3,(H2,31,32)(H,34,36). The van der Waals surface area contributed by atoms with E-state index in [1.807, 2.05) is 12.4 Å². The Hall–Kier alpha value is -2.82. The highest BCUT2D eigenvalue weighted by molar-refractivity contribution is 5.96. The molecule has 10 heteroatoms. The number of nitrogens with two attached hydrogens (primary N) is 1. The Balaban J connectivity index is 1.18. The van der Waals surface area contributed by atoms with Crippen molar-refractivity contribution in [2.75, 3.05) is 50.4 Å². The second-order valence-electron chi connectivity index (χ2n) is 12.0. The lowest BCUT2D eigenvalue weighted by Gasteiger charge is -2.42. The Bertz CT molecular complexity index is 1290. The van der Waals surface area contributed by atoms with Gasteiger partial charge in [-0.3, -0.25) is 4.68 Å². The maximum Gasteiger partial charge on any atom is 0.151 e. The molecule has 3 aromatic rings. The first-order valence-corrected chi connectivity index (χ1v) is 15.3. The topological polar surface area (TPSA) is 110 Å². The van der Waals surface area contributed by atoms with Gasteiger partial charge in [0.05, 0.1) is 17.9 Å². The van der Waals surface area contributed by atoms with Crippen LogP contribution in [0.2, 0.25) is 0 Å². The number of nitrogens with one attached hydrogen (secondary N) is 1. The Morgan fingerprint density at radius 3 is 2.38 bits per heavy atom. The van der Waals surface area contributed by atoms with Gasteiger partial charge in [0.15, 0.2) is 5.82 Å². The summed E-state index contributed by atoms with van der Waals surface area (Å²) in [6.07, 6.45) is 13.5. The minimum Gasteiger partial charge on any atom is -0.382 e. The van der Waals surface area contributed by atoms with Crippen molar-refractivity contribution in [3.8, 4) is 11.1 Å². The van der Waals surface area contributed by atoms with Gasteiger partial charge < -0.3 is 25.6 Å². The third kappa shape index (κ3) is 5.66. The van der Waals surface area contributed by atoms with E-state index in [1.165, 1.54) is 25.9 Å². The van der Waals surface area contributed by atoms with Gasteiger partial charge in [-0.15, -0.1) is 0 Å². The second kappa shape index (κ2) is 12.0. The van der Waals surface area contributed by atoms with Crippen LogP contribution in [0.4, 0.5) is 11.6 Å². The van der Waals surface area contributed by atoms with Crippen molar-refractivity contribution in [1.82, 2.24) is 34.5 Å². The van der Waals surface area contributed by atoms with E-state index in [-0.39, 0.29) is 0 Å². The Kier molecular flexibility index (Phi) is 8.18. The minimum atomic E-state index is 0.338. The number of pyridine rings is 1. The fourth-order valence-corrected chi connectivity index (χ4v) is 6.66. The summed E-state index contributed by atoms with van der Waals surface area (Å²) in [6, 6.07) is 2.14. The van der Waals surface area contributed by atoms with Crippen LogP contribution in [0.15, 0.2) is 18.6 Å². The van der Waals surface area contributed by atoms with Crippen LogP contribution in [-0.4, -0.2) is 92.1 Å². The van der Waals surface area contributed by atoms with Crippen molar-refractivity contribution >= 4 is 22.7 Å². The molecule has 0 aliphatic carbocycles. The van der Waals surface area contributed by atoms with E-state index in [9.17, 15) is 0 Å². The van der Waals surface area contributed by atoms with Gasteiger partial charge in [0.2, 0.25) is 0 Å². The summed E-state index contributed by atoms with van der Waals surface area (Å²) in [5.74, 6) is 1.25. The number of likely N-dealkylation sites (tertiary alicyclic amines) is 2. The summed E-state index contributed by atoms with van der Waals surface area (Å²) >= 11 is 0. The molecule has 0 amide bonds. The van der Waals surface area contributed by atoms with E-state index in [1.54, 1.807) is 0 Å². The molecule has 3 aromatic heterocycles. The van der Waals surface area contributed by atoms with Crippen LogP contribution in [-0.2, 0) is 11.2 Å². The Morgan fingerprint density at radius 2 is 1.68 bits per heavy atom. The summed E-state index contributed by atoms with van der Waals surface area (Å²) in [7, 11) is 0. The molecule has 10 nitrogen and oxygen atoms in total. The molecule has 0 bridgehead atoms. The largest absolute Gasteiger partial charge is 0.382 e. The van der Waals surface area contributed by atoms with Gasteiger partial charge in [-0.2, -0.15) is 5.10 Å². The summed E-state index contributed by atoms with van der Waals surface area (Å²) in [4.78, 5) is 19.9. The van der Waals surface area contributed by atoms with E-state index >= 15 is 0 Å². The summed E-state index contributed by atoms with van der Waals surface area (Å²) < 4.78 is 7.70. The van der Waals surface area contributed by atoms with Gasteiger partial charge in [-0.05, 0) is 71.9 Å². The monoisotopic (exact) mass is 547 g/mol. The molecule has 40 heavy (non-hydrogen) atoms. The molecular weight excluding hydrogens is 502 g/mol. The van der Waals surface area contributed by atoms with Crippen LogP contribution in [0.3, 0.4) is 0 Å². The SMILES string of the molecule is CCc1nc2c(N)ncc(-c3cnn(C4CCN(C5CCN(C(C)C)CC5)CC4)c3)c2nc1NC1CCOCC1. The third-order valence-electron chi connectivity index (χ3n) is 9.23. The number of ether oxygens (including phenoxy) is 1. The quantitative estimate of drug-likeness (QED) is 0.451. The number of hydrogen-bond donors (Lipinski definition) is 2. The van der Waals surface area contributed by atoms with E-state index in [0.29, 0.717) is 29.5 Å². The number of anilines is 2. The van der Waals surface area contributed by atoms with Crippen LogP contribution in [0.1, 0.15) is 71.0 Å². The molecule has 216 valence electrons. The number of rotatable bonds is 7. The molecule has 0 spiro atoms. The van der Waals surface area contributed by atoms with Crippen LogP contribution < -0.4 is 11.1 Å². The Morgan fingerprint density at radius 1 is 0.950 bits per heavy atom. The average molecular weight is 548 g/mol. The predicted octanol–water partition coefficient (Wildman–Crippen LogP) is 4.13. The van der Waals surface area contributed by atoms with Crippen molar-refractivity contribution < 1.29 is 4.74 Å². The highest BCUT2D eigenvalue weighted by Crippen LogP contribution is 2.33.